The molecular weight excluding hydrogens is 384 g/mol. The summed E-state index contributed by atoms with van der Waals surface area (Å²) in [5, 5.41) is 14.9. The van der Waals surface area contributed by atoms with Crippen LogP contribution in [-0.2, 0) is 9.59 Å². The molecular formula is C23H20N2O5. The Morgan fingerprint density at radius 3 is 2.30 bits per heavy atom. The Kier molecular flexibility index (Phi) is 4.87. The van der Waals surface area contributed by atoms with Crippen molar-refractivity contribution in [3.05, 3.63) is 82.6 Å². The van der Waals surface area contributed by atoms with Gasteiger partial charge >= 0.3 is 5.91 Å². The zero-order valence-corrected chi connectivity index (χ0v) is 16.7. The second-order valence-electron chi connectivity index (χ2n) is 7.10. The minimum atomic E-state index is -0.836. The quantitative estimate of drug-likeness (QED) is 0.402. The molecule has 30 heavy (non-hydrogen) atoms. The molecule has 1 aliphatic heterocycles. The number of nitrogens with zero attached hydrogens (tertiary/aromatic N) is 2. The van der Waals surface area contributed by atoms with Crippen molar-refractivity contribution < 1.29 is 24.0 Å². The summed E-state index contributed by atoms with van der Waals surface area (Å²) in [6.45, 7) is 3.64. The lowest BCUT2D eigenvalue weighted by Crippen LogP contribution is -2.29. The maximum atomic E-state index is 13.0. The van der Waals surface area contributed by atoms with Gasteiger partial charge in [-0.15, -0.1) is 0 Å². The number of aliphatic hydroxyl groups is 1. The van der Waals surface area contributed by atoms with Gasteiger partial charge in [0, 0.05) is 11.6 Å². The Morgan fingerprint density at radius 1 is 1.07 bits per heavy atom. The van der Waals surface area contributed by atoms with Gasteiger partial charge in [-0.1, -0.05) is 35.0 Å². The minimum absolute atomic E-state index is 0.00493. The fraction of sp³-hybridized carbons (Fsp3) is 0.174. The third-order valence-corrected chi connectivity index (χ3v) is 5.06. The number of hydrogen-bond donors (Lipinski definition) is 1. The van der Waals surface area contributed by atoms with Gasteiger partial charge in [0.05, 0.1) is 18.7 Å². The molecule has 2 heterocycles. The highest BCUT2D eigenvalue weighted by Crippen LogP contribution is 2.42. The van der Waals surface area contributed by atoms with Crippen molar-refractivity contribution in [3.63, 3.8) is 0 Å². The number of benzene rings is 2. The first-order valence-electron chi connectivity index (χ1n) is 9.36. The van der Waals surface area contributed by atoms with Gasteiger partial charge in [-0.05, 0) is 43.7 Å². The monoisotopic (exact) mass is 404 g/mol. The van der Waals surface area contributed by atoms with Gasteiger partial charge in [0.25, 0.3) is 5.78 Å². The van der Waals surface area contributed by atoms with Gasteiger partial charge in [0.2, 0.25) is 0 Å². The highest BCUT2D eigenvalue weighted by Gasteiger charge is 2.48. The standard InChI is InChI=1S/C23H20N2O5/c1-13-4-6-15(7-5-13)20-19(21(26)16-8-10-17(29-3)11-9-16)22(27)23(28)25(20)18-12-14(2)30-24-18/h4-12,20,26H,1-3H3/b21-19+. The minimum Gasteiger partial charge on any atom is -0.507 e. The van der Waals surface area contributed by atoms with E-state index in [4.69, 9.17) is 9.26 Å². The molecule has 0 saturated carbocycles. The molecule has 3 aromatic rings. The van der Waals surface area contributed by atoms with Crippen molar-refractivity contribution >= 4 is 23.3 Å². The number of Topliss-reactive ketones (excluding diaryl/α,β-unsaturated/α-hetero) is 1. The molecule has 1 amide bonds. The number of methoxy groups -OCH3 is 1. The number of aryl methyl sites for hydroxylation is 2. The predicted molar refractivity (Wildman–Crippen MR) is 110 cm³/mol. The Balaban J connectivity index is 1.91. The predicted octanol–water partition coefficient (Wildman–Crippen LogP) is 3.93. The van der Waals surface area contributed by atoms with E-state index in [9.17, 15) is 14.7 Å². The number of amides is 1. The van der Waals surface area contributed by atoms with E-state index in [2.05, 4.69) is 5.16 Å². The number of hydrogen-bond acceptors (Lipinski definition) is 6. The van der Waals surface area contributed by atoms with Gasteiger partial charge in [0.1, 0.15) is 17.3 Å². The van der Waals surface area contributed by atoms with Gasteiger partial charge in [-0.2, -0.15) is 0 Å². The Hall–Kier alpha value is -3.87. The van der Waals surface area contributed by atoms with Crippen LogP contribution in [0.3, 0.4) is 0 Å². The van der Waals surface area contributed by atoms with Crippen LogP contribution in [-0.4, -0.2) is 29.1 Å². The molecule has 0 spiro atoms. The van der Waals surface area contributed by atoms with Gasteiger partial charge in [0.15, 0.2) is 5.82 Å². The number of aliphatic hydroxyl groups excluding tert-OH is 1. The molecule has 1 fully saturated rings. The van der Waals surface area contributed by atoms with Gasteiger partial charge in [-0.3, -0.25) is 14.5 Å². The van der Waals surface area contributed by atoms with E-state index in [1.165, 1.54) is 12.0 Å². The van der Waals surface area contributed by atoms with Crippen LogP contribution in [0.25, 0.3) is 5.76 Å². The smallest absolute Gasteiger partial charge is 0.301 e. The van der Waals surface area contributed by atoms with Gasteiger partial charge < -0.3 is 14.4 Å². The van der Waals surface area contributed by atoms with Crippen LogP contribution in [0.5, 0.6) is 5.75 Å². The molecule has 1 saturated heterocycles. The molecule has 1 N–H and O–H groups in total. The van der Waals surface area contributed by atoms with E-state index in [1.807, 2.05) is 31.2 Å². The van der Waals surface area contributed by atoms with Gasteiger partial charge in [-0.25, -0.2) is 0 Å². The maximum absolute atomic E-state index is 13.0. The Morgan fingerprint density at radius 2 is 1.73 bits per heavy atom. The van der Waals surface area contributed by atoms with Crippen LogP contribution in [0.15, 0.2) is 64.7 Å². The summed E-state index contributed by atoms with van der Waals surface area (Å²) < 4.78 is 10.3. The zero-order valence-electron chi connectivity index (χ0n) is 16.7. The summed E-state index contributed by atoms with van der Waals surface area (Å²) >= 11 is 0. The molecule has 4 rings (SSSR count). The first-order valence-corrected chi connectivity index (χ1v) is 9.36. The molecule has 152 valence electrons. The first-order chi connectivity index (χ1) is 14.4. The van der Waals surface area contributed by atoms with Crippen molar-refractivity contribution in [1.82, 2.24) is 5.16 Å². The lowest BCUT2D eigenvalue weighted by Gasteiger charge is -2.23. The van der Waals surface area contributed by atoms with Crippen LogP contribution in [0.4, 0.5) is 5.82 Å². The molecule has 7 nitrogen and oxygen atoms in total. The van der Waals surface area contributed by atoms with Crippen LogP contribution < -0.4 is 9.64 Å². The summed E-state index contributed by atoms with van der Waals surface area (Å²) in [6, 6.07) is 14.8. The Labute approximate surface area is 173 Å². The number of carbonyl (C=O) groups excluding carboxylic acids is 2. The number of carbonyl (C=O) groups is 2. The normalized spacial score (nSPS) is 18.1. The fourth-order valence-electron chi connectivity index (χ4n) is 3.50. The number of ketones is 1. The van der Waals surface area contributed by atoms with E-state index in [0.717, 1.165) is 5.56 Å². The van der Waals surface area contributed by atoms with Crippen molar-refractivity contribution in [3.8, 4) is 5.75 Å². The lowest BCUT2D eigenvalue weighted by molar-refractivity contribution is -0.132. The molecule has 1 aromatic heterocycles. The summed E-state index contributed by atoms with van der Waals surface area (Å²) in [5.74, 6) is -0.485. The molecule has 1 atom stereocenters. The van der Waals surface area contributed by atoms with E-state index in [-0.39, 0.29) is 17.2 Å². The van der Waals surface area contributed by atoms with E-state index < -0.39 is 17.7 Å². The second-order valence-corrected chi connectivity index (χ2v) is 7.10. The Bertz CT molecular complexity index is 1140. The second kappa shape index (κ2) is 7.51. The van der Waals surface area contributed by atoms with Crippen LogP contribution in [0, 0.1) is 13.8 Å². The first kappa shape index (κ1) is 19.4. The molecule has 0 radical (unpaired) electrons. The topological polar surface area (TPSA) is 92.9 Å². The van der Waals surface area contributed by atoms with Crippen molar-refractivity contribution in [2.45, 2.75) is 19.9 Å². The fourth-order valence-corrected chi connectivity index (χ4v) is 3.50. The number of anilines is 1. The molecule has 1 aliphatic rings. The van der Waals surface area contributed by atoms with Crippen molar-refractivity contribution in [2.75, 3.05) is 12.0 Å². The highest BCUT2D eigenvalue weighted by molar-refractivity contribution is 6.51. The summed E-state index contributed by atoms with van der Waals surface area (Å²) in [7, 11) is 1.54. The van der Waals surface area contributed by atoms with E-state index in [0.29, 0.717) is 22.6 Å². The van der Waals surface area contributed by atoms with Crippen molar-refractivity contribution in [2.24, 2.45) is 0 Å². The SMILES string of the molecule is COc1ccc(/C(O)=C2\C(=O)C(=O)N(c3cc(C)on3)C2c2ccc(C)cc2)cc1. The summed E-state index contributed by atoms with van der Waals surface area (Å²) in [5.41, 5.74) is 2.11. The summed E-state index contributed by atoms with van der Waals surface area (Å²) in [4.78, 5) is 27.2. The van der Waals surface area contributed by atoms with Crippen LogP contribution in [0.1, 0.15) is 28.5 Å². The highest BCUT2D eigenvalue weighted by atomic mass is 16.5. The zero-order chi connectivity index (χ0) is 21.4. The molecule has 0 bridgehead atoms. The van der Waals surface area contributed by atoms with Crippen molar-refractivity contribution in [1.29, 1.82) is 0 Å². The number of aromatic nitrogens is 1. The number of rotatable bonds is 4. The number of ether oxygens (including phenoxy) is 1. The largest absolute Gasteiger partial charge is 0.507 e. The third-order valence-electron chi connectivity index (χ3n) is 5.06. The average Bonchev–Trinajstić information content (AvgIpc) is 3.29. The average molecular weight is 404 g/mol. The van der Waals surface area contributed by atoms with Crippen LogP contribution >= 0.6 is 0 Å². The molecule has 0 aliphatic carbocycles. The maximum Gasteiger partial charge on any atom is 0.301 e. The van der Waals surface area contributed by atoms with E-state index in [1.54, 1.807) is 37.3 Å². The molecule has 1 unspecified atom stereocenters. The summed E-state index contributed by atoms with van der Waals surface area (Å²) in [6.07, 6.45) is 0. The third kappa shape index (κ3) is 3.24. The van der Waals surface area contributed by atoms with E-state index >= 15 is 0 Å². The molecule has 7 heteroatoms. The molecule has 2 aromatic carbocycles. The lowest BCUT2D eigenvalue weighted by atomic mass is 9.94. The van der Waals surface area contributed by atoms with Crippen LogP contribution in [0.2, 0.25) is 0 Å².